The third-order valence-electron chi connectivity index (χ3n) is 2.90. The van der Waals surface area contributed by atoms with E-state index in [9.17, 15) is 0 Å². The van der Waals surface area contributed by atoms with E-state index in [2.05, 4.69) is 23.2 Å². The monoisotopic (exact) mass is 209 g/mol. The van der Waals surface area contributed by atoms with Crippen LogP contribution in [0.15, 0.2) is 0 Å². The van der Waals surface area contributed by atoms with Crippen molar-refractivity contribution in [3.05, 3.63) is 0 Å². The summed E-state index contributed by atoms with van der Waals surface area (Å²) in [7, 11) is 0. The summed E-state index contributed by atoms with van der Waals surface area (Å²) < 4.78 is 0. The minimum absolute atomic E-state index is 0.674. The molecule has 0 saturated carbocycles. The van der Waals surface area contributed by atoms with Gasteiger partial charge in [0.1, 0.15) is 0 Å². The van der Waals surface area contributed by atoms with Gasteiger partial charge in [-0.1, -0.05) is 6.92 Å². The molecule has 0 aromatic carbocycles. The summed E-state index contributed by atoms with van der Waals surface area (Å²) in [6.45, 7) is 8.18. The molecule has 1 fully saturated rings. The average Bonchev–Trinajstić information content (AvgIpc) is 2.70. The van der Waals surface area contributed by atoms with E-state index >= 15 is 0 Å². The Kier molecular flexibility index (Phi) is 6.38. The first-order valence-electron chi connectivity index (χ1n) is 6.13. The highest BCUT2D eigenvalue weighted by Gasteiger charge is 2.13. The van der Waals surface area contributed by atoms with Gasteiger partial charge in [0.2, 0.25) is 0 Å². The Bertz CT molecular complexity index is 192. The third-order valence-corrected chi connectivity index (χ3v) is 2.90. The highest BCUT2D eigenvalue weighted by molar-refractivity contribution is 4.71. The smallest absolute Gasteiger partial charge is 0.0622 e. The molecule has 1 heterocycles. The highest BCUT2D eigenvalue weighted by Crippen LogP contribution is 2.09. The summed E-state index contributed by atoms with van der Waals surface area (Å²) in [5.74, 6) is 0.727. The van der Waals surface area contributed by atoms with E-state index in [0.29, 0.717) is 6.42 Å². The summed E-state index contributed by atoms with van der Waals surface area (Å²) in [4.78, 5) is 2.56. The fraction of sp³-hybridized carbons (Fsp3) is 0.917. The fourth-order valence-electron chi connectivity index (χ4n) is 2.11. The van der Waals surface area contributed by atoms with Crippen LogP contribution in [-0.2, 0) is 0 Å². The van der Waals surface area contributed by atoms with Crippen molar-refractivity contribution in [3.63, 3.8) is 0 Å². The Balaban J connectivity index is 1.93. The van der Waals surface area contributed by atoms with Gasteiger partial charge < -0.3 is 10.2 Å². The number of unbranched alkanes of at least 4 members (excludes halogenated alkanes) is 1. The lowest BCUT2D eigenvalue weighted by Crippen LogP contribution is -2.32. The summed E-state index contributed by atoms with van der Waals surface area (Å²) in [5, 5.41) is 11.8. The van der Waals surface area contributed by atoms with Crippen LogP contribution in [0.5, 0.6) is 0 Å². The van der Waals surface area contributed by atoms with Crippen LogP contribution >= 0.6 is 0 Å². The number of rotatable bonds is 7. The van der Waals surface area contributed by atoms with Gasteiger partial charge >= 0.3 is 0 Å². The molecule has 1 aliphatic heterocycles. The van der Waals surface area contributed by atoms with Crippen molar-refractivity contribution in [2.24, 2.45) is 5.92 Å². The molecule has 15 heavy (non-hydrogen) atoms. The summed E-state index contributed by atoms with van der Waals surface area (Å²) >= 11 is 0. The fourth-order valence-corrected chi connectivity index (χ4v) is 2.11. The Labute approximate surface area is 93.5 Å². The number of hydrogen-bond donors (Lipinski definition) is 1. The standard InChI is InChI=1S/C12H23N3/c1-12(10-14-7-3-2-6-13)11-15-8-4-5-9-15/h12,14H,2-5,7-11H2,1H3. The molecule has 0 spiro atoms. The second kappa shape index (κ2) is 7.67. The number of nitriles is 1. The van der Waals surface area contributed by atoms with E-state index in [-0.39, 0.29) is 0 Å². The Morgan fingerprint density at radius 1 is 1.40 bits per heavy atom. The van der Waals surface area contributed by atoms with Gasteiger partial charge in [0.15, 0.2) is 0 Å². The predicted octanol–water partition coefficient (Wildman–Crippen LogP) is 1.61. The van der Waals surface area contributed by atoms with Gasteiger partial charge in [0, 0.05) is 13.0 Å². The van der Waals surface area contributed by atoms with Crippen LogP contribution < -0.4 is 5.32 Å². The molecule has 0 aromatic rings. The minimum Gasteiger partial charge on any atom is -0.316 e. The Morgan fingerprint density at radius 2 is 2.13 bits per heavy atom. The van der Waals surface area contributed by atoms with Gasteiger partial charge in [-0.15, -0.1) is 0 Å². The van der Waals surface area contributed by atoms with Crippen molar-refractivity contribution >= 4 is 0 Å². The number of nitrogens with zero attached hydrogens (tertiary/aromatic N) is 2. The second-order valence-corrected chi connectivity index (χ2v) is 4.58. The normalized spacial score (nSPS) is 18.9. The van der Waals surface area contributed by atoms with Gasteiger partial charge in [-0.3, -0.25) is 0 Å². The summed E-state index contributed by atoms with van der Waals surface area (Å²) in [6.07, 6.45) is 4.41. The quantitative estimate of drug-likeness (QED) is 0.647. The molecule has 1 rings (SSSR count). The van der Waals surface area contributed by atoms with Crippen molar-refractivity contribution in [1.82, 2.24) is 10.2 Å². The molecule has 0 radical (unpaired) electrons. The second-order valence-electron chi connectivity index (χ2n) is 4.58. The molecule has 3 heteroatoms. The van der Waals surface area contributed by atoms with Crippen molar-refractivity contribution in [3.8, 4) is 6.07 Å². The molecule has 1 unspecified atom stereocenters. The topological polar surface area (TPSA) is 39.1 Å². The number of likely N-dealkylation sites (tertiary alicyclic amines) is 1. The van der Waals surface area contributed by atoms with Crippen LogP contribution in [0.2, 0.25) is 0 Å². The molecular formula is C12H23N3. The molecule has 0 bridgehead atoms. The highest BCUT2D eigenvalue weighted by atomic mass is 15.1. The van der Waals surface area contributed by atoms with Gasteiger partial charge in [-0.2, -0.15) is 5.26 Å². The van der Waals surface area contributed by atoms with Crippen molar-refractivity contribution in [1.29, 1.82) is 5.26 Å². The zero-order chi connectivity index (χ0) is 10.9. The first kappa shape index (κ1) is 12.5. The first-order valence-corrected chi connectivity index (χ1v) is 6.13. The van der Waals surface area contributed by atoms with E-state index in [4.69, 9.17) is 5.26 Å². The van der Waals surface area contributed by atoms with E-state index < -0.39 is 0 Å². The first-order chi connectivity index (χ1) is 7.33. The maximum absolute atomic E-state index is 8.38. The Morgan fingerprint density at radius 3 is 2.80 bits per heavy atom. The molecule has 3 nitrogen and oxygen atoms in total. The third kappa shape index (κ3) is 5.76. The van der Waals surface area contributed by atoms with Crippen LogP contribution in [0, 0.1) is 17.2 Å². The van der Waals surface area contributed by atoms with Crippen molar-refractivity contribution < 1.29 is 0 Å². The lowest BCUT2D eigenvalue weighted by Gasteiger charge is -2.20. The minimum atomic E-state index is 0.674. The van der Waals surface area contributed by atoms with Gasteiger partial charge in [-0.25, -0.2) is 0 Å². The van der Waals surface area contributed by atoms with E-state index in [1.54, 1.807) is 0 Å². The molecule has 0 aliphatic carbocycles. The maximum Gasteiger partial charge on any atom is 0.0622 e. The average molecular weight is 209 g/mol. The molecule has 1 aliphatic rings. The van der Waals surface area contributed by atoms with Gasteiger partial charge in [0.05, 0.1) is 6.07 Å². The molecular weight excluding hydrogens is 186 g/mol. The van der Waals surface area contributed by atoms with E-state index in [1.807, 2.05) is 0 Å². The van der Waals surface area contributed by atoms with Crippen LogP contribution in [0.4, 0.5) is 0 Å². The van der Waals surface area contributed by atoms with Crippen LogP contribution in [0.1, 0.15) is 32.6 Å². The lowest BCUT2D eigenvalue weighted by molar-refractivity contribution is 0.283. The van der Waals surface area contributed by atoms with Crippen LogP contribution in [0.3, 0.4) is 0 Å². The largest absolute Gasteiger partial charge is 0.316 e. The zero-order valence-corrected chi connectivity index (χ0v) is 9.84. The summed E-state index contributed by atoms with van der Waals surface area (Å²) in [6, 6.07) is 2.17. The van der Waals surface area contributed by atoms with Crippen molar-refractivity contribution in [2.45, 2.75) is 32.6 Å². The SMILES string of the molecule is CC(CNCCCC#N)CN1CCCC1. The molecule has 1 saturated heterocycles. The number of nitrogens with one attached hydrogen (secondary N) is 1. The predicted molar refractivity (Wildman–Crippen MR) is 62.6 cm³/mol. The zero-order valence-electron chi connectivity index (χ0n) is 9.84. The molecule has 0 aromatic heterocycles. The van der Waals surface area contributed by atoms with Crippen molar-refractivity contribution in [2.75, 3.05) is 32.7 Å². The molecule has 1 atom stereocenters. The Hall–Kier alpha value is -0.590. The van der Waals surface area contributed by atoms with Gasteiger partial charge in [-0.05, 0) is 51.4 Å². The van der Waals surface area contributed by atoms with E-state index in [1.165, 1.54) is 32.5 Å². The van der Waals surface area contributed by atoms with Crippen LogP contribution in [-0.4, -0.2) is 37.6 Å². The molecule has 86 valence electrons. The molecule has 0 amide bonds. The van der Waals surface area contributed by atoms with Crippen LogP contribution in [0.25, 0.3) is 0 Å². The molecule has 1 N–H and O–H groups in total. The lowest BCUT2D eigenvalue weighted by atomic mass is 10.1. The van der Waals surface area contributed by atoms with E-state index in [0.717, 1.165) is 25.4 Å². The van der Waals surface area contributed by atoms with Gasteiger partial charge in [0.25, 0.3) is 0 Å². The summed E-state index contributed by atoms with van der Waals surface area (Å²) in [5.41, 5.74) is 0. The number of hydrogen-bond acceptors (Lipinski definition) is 3. The maximum atomic E-state index is 8.38.